The van der Waals surface area contributed by atoms with Crippen LogP contribution >= 0.6 is 0 Å². The number of pyridine rings is 2. The number of hydrogen-bond acceptors (Lipinski definition) is 2. The van der Waals surface area contributed by atoms with E-state index in [-0.39, 0.29) is 5.69 Å². The number of rotatable bonds is 2. The summed E-state index contributed by atoms with van der Waals surface area (Å²) in [4.78, 5) is 8.02. The first kappa shape index (κ1) is 9.96. The summed E-state index contributed by atoms with van der Waals surface area (Å²) < 4.78 is 25.1. The lowest BCUT2D eigenvalue weighted by Crippen LogP contribution is -1.96. The summed E-state index contributed by atoms with van der Waals surface area (Å²) in [5, 5.41) is 0. The van der Waals surface area contributed by atoms with Crippen LogP contribution in [0.25, 0.3) is 11.0 Å². The number of aryl methyl sites for hydroxylation is 1. The Kier molecular flexibility index (Phi) is 2.58. The van der Waals surface area contributed by atoms with Gasteiger partial charge in [-0.25, -0.2) is 13.8 Å². The van der Waals surface area contributed by atoms with Crippen molar-refractivity contribution in [3.8, 4) is 0 Å². The number of fused-ring (bicyclic) bond motifs is 1. The average Bonchev–Trinajstić information content (AvgIpc) is 2.27. The molecule has 0 unspecified atom stereocenters. The fraction of sp³-hybridized carbons (Fsp3) is 0.273. The Bertz CT molecular complexity index is 483. The van der Waals surface area contributed by atoms with Gasteiger partial charge in [0, 0.05) is 6.20 Å². The minimum atomic E-state index is -2.53. The predicted molar refractivity (Wildman–Crippen MR) is 53.9 cm³/mol. The van der Waals surface area contributed by atoms with Crippen LogP contribution in [0.2, 0.25) is 0 Å². The van der Waals surface area contributed by atoms with Crippen molar-refractivity contribution in [2.45, 2.75) is 19.8 Å². The Morgan fingerprint density at radius 1 is 1.40 bits per heavy atom. The van der Waals surface area contributed by atoms with Gasteiger partial charge in [-0.3, -0.25) is 4.98 Å². The van der Waals surface area contributed by atoms with Crippen molar-refractivity contribution in [1.82, 2.24) is 9.97 Å². The third kappa shape index (κ3) is 1.79. The summed E-state index contributed by atoms with van der Waals surface area (Å²) in [7, 11) is 0. The first-order valence-electron chi connectivity index (χ1n) is 4.75. The summed E-state index contributed by atoms with van der Waals surface area (Å²) in [6, 6.07) is 4.83. The molecule has 2 aromatic rings. The molecule has 2 aromatic heterocycles. The first-order chi connectivity index (χ1) is 7.22. The van der Waals surface area contributed by atoms with Gasteiger partial charge < -0.3 is 0 Å². The van der Waals surface area contributed by atoms with Crippen LogP contribution in [0, 0.1) is 0 Å². The molecule has 4 heteroatoms. The minimum Gasteiger partial charge on any atom is -0.254 e. The van der Waals surface area contributed by atoms with Crippen molar-refractivity contribution < 1.29 is 8.78 Å². The minimum absolute atomic E-state index is 0.174. The van der Waals surface area contributed by atoms with E-state index >= 15 is 0 Å². The van der Waals surface area contributed by atoms with Gasteiger partial charge in [-0.05, 0) is 30.2 Å². The maximum Gasteiger partial charge on any atom is 0.280 e. The van der Waals surface area contributed by atoms with Gasteiger partial charge in [0.15, 0.2) is 0 Å². The lowest BCUT2D eigenvalue weighted by Gasteiger charge is -2.06. The molecule has 0 aliphatic heterocycles. The fourth-order valence-corrected chi connectivity index (χ4v) is 1.53. The first-order valence-corrected chi connectivity index (χ1v) is 4.75. The Hall–Kier alpha value is -1.58. The molecule has 0 saturated carbocycles. The van der Waals surface area contributed by atoms with Crippen LogP contribution in [0.4, 0.5) is 8.78 Å². The van der Waals surface area contributed by atoms with Crippen molar-refractivity contribution in [1.29, 1.82) is 0 Å². The van der Waals surface area contributed by atoms with E-state index in [4.69, 9.17) is 0 Å². The van der Waals surface area contributed by atoms with Crippen molar-refractivity contribution in [2.75, 3.05) is 0 Å². The third-order valence-corrected chi connectivity index (χ3v) is 2.27. The van der Waals surface area contributed by atoms with E-state index in [9.17, 15) is 8.78 Å². The van der Waals surface area contributed by atoms with Crippen LogP contribution in [0.15, 0.2) is 24.4 Å². The second-order valence-electron chi connectivity index (χ2n) is 3.23. The summed E-state index contributed by atoms with van der Waals surface area (Å²) >= 11 is 0. The zero-order valence-corrected chi connectivity index (χ0v) is 8.24. The van der Waals surface area contributed by atoms with Gasteiger partial charge in [0.2, 0.25) is 0 Å². The Morgan fingerprint density at radius 3 is 2.87 bits per heavy atom. The van der Waals surface area contributed by atoms with E-state index in [0.29, 0.717) is 17.5 Å². The SMILES string of the molecule is CCc1cc(C(F)F)nc2cccnc12. The highest BCUT2D eigenvalue weighted by Crippen LogP contribution is 2.22. The quantitative estimate of drug-likeness (QED) is 0.757. The molecule has 0 radical (unpaired) electrons. The van der Waals surface area contributed by atoms with Gasteiger partial charge in [-0.1, -0.05) is 6.92 Å². The van der Waals surface area contributed by atoms with Gasteiger partial charge in [0.1, 0.15) is 5.69 Å². The number of halogens is 2. The molecule has 0 N–H and O–H groups in total. The number of aromatic nitrogens is 2. The van der Waals surface area contributed by atoms with E-state index in [1.54, 1.807) is 18.3 Å². The number of hydrogen-bond donors (Lipinski definition) is 0. The maximum absolute atomic E-state index is 12.5. The largest absolute Gasteiger partial charge is 0.280 e. The standard InChI is InChI=1S/C11H10F2N2/c1-2-7-6-9(11(12)13)15-8-4-3-5-14-10(7)8/h3-6,11H,2H2,1H3. The summed E-state index contributed by atoms with van der Waals surface area (Å²) in [5.74, 6) is 0. The van der Waals surface area contributed by atoms with E-state index < -0.39 is 6.43 Å². The lowest BCUT2D eigenvalue weighted by molar-refractivity contribution is 0.146. The molecule has 0 spiro atoms. The highest BCUT2D eigenvalue weighted by atomic mass is 19.3. The molecule has 15 heavy (non-hydrogen) atoms. The topological polar surface area (TPSA) is 25.8 Å². The van der Waals surface area contributed by atoms with Crippen LogP contribution < -0.4 is 0 Å². The molecule has 2 rings (SSSR count). The predicted octanol–water partition coefficient (Wildman–Crippen LogP) is 3.13. The van der Waals surface area contributed by atoms with Gasteiger partial charge in [-0.2, -0.15) is 0 Å². The highest BCUT2D eigenvalue weighted by Gasteiger charge is 2.12. The lowest BCUT2D eigenvalue weighted by atomic mass is 10.1. The normalized spacial score (nSPS) is 11.2. The van der Waals surface area contributed by atoms with Crippen LogP contribution in [0.3, 0.4) is 0 Å². The maximum atomic E-state index is 12.5. The second kappa shape index (κ2) is 3.88. The van der Waals surface area contributed by atoms with Crippen LogP contribution in [-0.2, 0) is 6.42 Å². The van der Waals surface area contributed by atoms with Crippen LogP contribution in [0.5, 0.6) is 0 Å². The highest BCUT2D eigenvalue weighted by molar-refractivity contribution is 5.77. The Morgan fingerprint density at radius 2 is 2.20 bits per heavy atom. The molecular formula is C11H10F2N2. The Labute approximate surface area is 86.0 Å². The third-order valence-electron chi connectivity index (χ3n) is 2.27. The average molecular weight is 208 g/mol. The van der Waals surface area contributed by atoms with Gasteiger partial charge >= 0.3 is 0 Å². The summed E-state index contributed by atoms with van der Waals surface area (Å²) in [6.45, 7) is 1.92. The van der Waals surface area contributed by atoms with Crippen LogP contribution in [0.1, 0.15) is 24.6 Å². The second-order valence-corrected chi connectivity index (χ2v) is 3.23. The molecule has 2 nitrogen and oxygen atoms in total. The zero-order chi connectivity index (χ0) is 10.8. The Balaban J connectivity index is 2.71. The number of alkyl halides is 2. The zero-order valence-electron chi connectivity index (χ0n) is 8.24. The molecule has 0 aliphatic carbocycles. The number of nitrogens with zero attached hydrogens (tertiary/aromatic N) is 2. The molecule has 0 aliphatic rings. The summed E-state index contributed by atoms with van der Waals surface area (Å²) in [5.41, 5.74) is 1.89. The fourth-order valence-electron chi connectivity index (χ4n) is 1.53. The smallest absolute Gasteiger partial charge is 0.254 e. The molecule has 0 bridgehead atoms. The van der Waals surface area contributed by atoms with E-state index in [0.717, 1.165) is 5.56 Å². The summed E-state index contributed by atoms with van der Waals surface area (Å²) in [6.07, 6.45) is -0.207. The molecular weight excluding hydrogens is 198 g/mol. The van der Waals surface area contributed by atoms with E-state index in [2.05, 4.69) is 9.97 Å². The molecule has 0 atom stereocenters. The molecule has 0 saturated heterocycles. The van der Waals surface area contributed by atoms with Gasteiger partial charge in [-0.15, -0.1) is 0 Å². The van der Waals surface area contributed by atoms with Crippen molar-refractivity contribution in [2.24, 2.45) is 0 Å². The molecule has 0 fully saturated rings. The van der Waals surface area contributed by atoms with Crippen LogP contribution in [-0.4, -0.2) is 9.97 Å². The molecule has 0 aromatic carbocycles. The van der Waals surface area contributed by atoms with Crippen molar-refractivity contribution >= 4 is 11.0 Å². The molecule has 2 heterocycles. The monoisotopic (exact) mass is 208 g/mol. The van der Waals surface area contributed by atoms with Gasteiger partial charge in [0.05, 0.1) is 11.0 Å². The van der Waals surface area contributed by atoms with Crippen molar-refractivity contribution in [3.63, 3.8) is 0 Å². The molecule has 78 valence electrons. The van der Waals surface area contributed by atoms with Crippen molar-refractivity contribution in [3.05, 3.63) is 35.7 Å². The van der Waals surface area contributed by atoms with Gasteiger partial charge in [0.25, 0.3) is 6.43 Å². The van der Waals surface area contributed by atoms with E-state index in [1.807, 2.05) is 6.92 Å². The van der Waals surface area contributed by atoms with E-state index in [1.165, 1.54) is 6.07 Å². The molecule has 0 amide bonds.